The van der Waals surface area contributed by atoms with E-state index in [1.54, 1.807) is 25.4 Å². The van der Waals surface area contributed by atoms with Crippen LogP contribution in [0.5, 0.6) is 0 Å². The molecule has 2 aromatic heterocycles. The van der Waals surface area contributed by atoms with Gasteiger partial charge in [0.25, 0.3) is 5.56 Å². The van der Waals surface area contributed by atoms with Crippen LogP contribution in [-0.4, -0.2) is 27.9 Å². The first-order chi connectivity index (χ1) is 15.0. The normalized spacial score (nSPS) is 19.6. The fourth-order valence-electron chi connectivity index (χ4n) is 4.75. The molecule has 5 rings (SSSR count). The summed E-state index contributed by atoms with van der Waals surface area (Å²) in [4.78, 5) is 20.7. The minimum Gasteiger partial charge on any atom is -0.339 e. The average Bonchev–Trinajstić information content (AvgIpc) is 3.14. The van der Waals surface area contributed by atoms with Gasteiger partial charge in [-0.05, 0) is 67.5 Å². The highest BCUT2D eigenvalue weighted by molar-refractivity contribution is 6.31. The third-order valence-electron chi connectivity index (χ3n) is 6.32. The number of fused-ring (bicyclic) bond motifs is 2. The maximum Gasteiger partial charge on any atom is 0.282 e. The summed E-state index contributed by atoms with van der Waals surface area (Å²) in [7, 11) is 1.74. The largest absolute Gasteiger partial charge is 0.339 e. The Bertz CT molecular complexity index is 1350. The molecule has 2 heterocycles. The van der Waals surface area contributed by atoms with Crippen molar-refractivity contribution in [2.24, 2.45) is 4.99 Å². The predicted molar refractivity (Wildman–Crippen MR) is 127 cm³/mol. The Morgan fingerprint density at radius 2 is 1.71 bits per heavy atom. The van der Waals surface area contributed by atoms with Crippen LogP contribution in [0.4, 0.5) is 0 Å². The van der Waals surface area contributed by atoms with Crippen LogP contribution in [0.1, 0.15) is 54.3 Å². The number of nitrogens with zero attached hydrogens (tertiary/aromatic N) is 3. The predicted octanol–water partition coefficient (Wildman–Crippen LogP) is 5.97. The van der Waals surface area contributed by atoms with Crippen LogP contribution in [-0.2, 0) is 0 Å². The van der Waals surface area contributed by atoms with Crippen LogP contribution in [0.25, 0.3) is 16.6 Å². The van der Waals surface area contributed by atoms with Gasteiger partial charge in [0, 0.05) is 29.2 Å². The minimum absolute atomic E-state index is 0.168. The third-order valence-corrected chi connectivity index (χ3v) is 6.81. The van der Waals surface area contributed by atoms with Gasteiger partial charge in [0.05, 0.1) is 22.2 Å². The molecule has 7 heteroatoms. The second-order valence-corrected chi connectivity index (χ2v) is 9.04. The molecular weight excluding hydrogens is 431 g/mol. The maximum absolute atomic E-state index is 13.1. The molecule has 158 valence electrons. The van der Waals surface area contributed by atoms with E-state index in [2.05, 4.69) is 22.1 Å². The van der Waals surface area contributed by atoms with Gasteiger partial charge in [0.15, 0.2) is 0 Å². The van der Waals surface area contributed by atoms with Gasteiger partial charge in [0.2, 0.25) is 0 Å². The Kier molecular flexibility index (Phi) is 5.32. The third kappa shape index (κ3) is 3.66. The quantitative estimate of drug-likeness (QED) is 0.389. The number of aromatic amines is 1. The number of aliphatic imine (C=N–C) groups is 1. The van der Waals surface area contributed by atoms with Crippen molar-refractivity contribution in [1.82, 2.24) is 14.6 Å². The highest BCUT2D eigenvalue weighted by Gasteiger charge is 2.28. The first kappa shape index (κ1) is 20.3. The van der Waals surface area contributed by atoms with Crippen LogP contribution in [0.15, 0.2) is 52.3 Å². The summed E-state index contributed by atoms with van der Waals surface area (Å²) in [5, 5.41) is 6.59. The van der Waals surface area contributed by atoms with E-state index in [1.807, 2.05) is 18.2 Å². The summed E-state index contributed by atoms with van der Waals surface area (Å²) < 4.78 is 1.47. The molecule has 5 nitrogen and oxygen atoms in total. The minimum atomic E-state index is -0.168. The summed E-state index contributed by atoms with van der Waals surface area (Å²) in [5.74, 6) is 0.816. The molecule has 31 heavy (non-hydrogen) atoms. The number of halogens is 2. The van der Waals surface area contributed by atoms with E-state index >= 15 is 0 Å². The monoisotopic (exact) mass is 452 g/mol. The second-order valence-electron chi connectivity index (χ2n) is 8.17. The highest BCUT2D eigenvalue weighted by atomic mass is 35.5. The van der Waals surface area contributed by atoms with Crippen LogP contribution in [0.3, 0.4) is 0 Å². The zero-order chi connectivity index (χ0) is 21.5. The molecule has 0 spiro atoms. The molecule has 1 saturated carbocycles. The summed E-state index contributed by atoms with van der Waals surface area (Å²) in [6.07, 6.45) is 5.99. The number of aromatic nitrogens is 3. The number of benzene rings is 2. The zero-order valence-corrected chi connectivity index (χ0v) is 18.6. The summed E-state index contributed by atoms with van der Waals surface area (Å²) in [6.45, 7) is 0. The molecule has 0 saturated heterocycles. The summed E-state index contributed by atoms with van der Waals surface area (Å²) in [6, 6.07) is 13.5. The van der Waals surface area contributed by atoms with Gasteiger partial charge in [-0.1, -0.05) is 35.3 Å². The van der Waals surface area contributed by atoms with Crippen LogP contribution >= 0.6 is 23.2 Å². The van der Waals surface area contributed by atoms with E-state index in [4.69, 9.17) is 28.3 Å². The molecule has 1 aliphatic rings. The number of H-pyrrole nitrogens is 1. The molecule has 0 bridgehead atoms. The fraction of sp³-hybridized carbons (Fsp3) is 0.292. The number of rotatable bonds is 3. The lowest BCUT2D eigenvalue weighted by molar-refractivity contribution is 0.390. The Morgan fingerprint density at radius 3 is 2.42 bits per heavy atom. The maximum atomic E-state index is 13.1. The van der Waals surface area contributed by atoms with E-state index in [0.717, 1.165) is 47.5 Å². The lowest BCUT2D eigenvalue weighted by atomic mass is 9.77. The molecule has 0 radical (unpaired) electrons. The fourth-order valence-corrected chi connectivity index (χ4v) is 5.05. The lowest BCUT2D eigenvalue weighted by Gasteiger charge is -2.28. The number of hydrogen-bond donors (Lipinski definition) is 1. The van der Waals surface area contributed by atoms with Gasteiger partial charge < -0.3 is 4.98 Å². The van der Waals surface area contributed by atoms with E-state index < -0.39 is 0 Å². The van der Waals surface area contributed by atoms with Gasteiger partial charge in [-0.25, -0.2) is 0 Å². The van der Waals surface area contributed by atoms with Gasteiger partial charge in [-0.3, -0.25) is 9.79 Å². The molecule has 4 aromatic rings. The summed E-state index contributed by atoms with van der Waals surface area (Å²) in [5.41, 5.74) is 4.43. The van der Waals surface area contributed by atoms with Crippen molar-refractivity contribution in [3.05, 3.63) is 79.7 Å². The van der Waals surface area contributed by atoms with E-state index in [9.17, 15) is 4.79 Å². The first-order valence-corrected chi connectivity index (χ1v) is 11.2. The van der Waals surface area contributed by atoms with Crippen molar-refractivity contribution in [2.45, 2.75) is 37.5 Å². The molecule has 0 aliphatic heterocycles. The van der Waals surface area contributed by atoms with Crippen LogP contribution in [0.2, 0.25) is 10.0 Å². The van der Waals surface area contributed by atoms with Gasteiger partial charge in [0.1, 0.15) is 5.65 Å². The Morgan fingerprint density at radius 1 is 1.03 bits per heavy atom. The van der Waals surface area contributed by atoms with Crippen LogP contribution in [0, 0.1) is 0 Å². The molecule has 0 unspecified atom stereocenters. The average molecular weight is 453 g/mol. The molecule has 1 N–H and O–H groups in total. The SMILES string of the molecule is C/N=C/c1c(C2CCC(c3ccc(Cl)cc3)CC2)nn2c(=O)c3cc(Cl)ccc3[nH]c12. The van der Waals surface area contributed by atoms with Crippen molar-refractivity contribution in [1.29, 1.82) is 0 Å². The van der Waals surface area contributed by atoms with Crippen molar-refractivity contribution < 1.29 is 0 Å². The van der Waals surface area contributed by atoms with Crippen LogP contribution < -0.4 is 5.56 Å². The molecule has 1 fully saturated rings. The first-order valence-electron chi connectivity index (χ1n) is 10.5. The van der Waals surface area contributed by atoms with Crippen molar-refractivity contribution in [3.63, 3.8) is 0 Å². The van der Waals surface area contributed by atoms with Crippen molar-refractivity contribution in [3.8, 4) is 0 Å². The molecule has 0 atom stereocenters. The van der Waals surface area contributed by atoms with Gasteiger partial charge in [-0.15, -0.1) is 0 Å². The lowest BCUT2D eigenvalue weighted by Crippen LogP contribution is -2.16. The van der Waals surface area contributed by atoms with E-state index in [-0.39, 0.29) is 11.5 Å². The van der Waals surface area contributed by atoms with Gasteiger partial charge in [-0.2, -0.15) is 9.61 Å². The highest BCUT2D eigenvalue weighted by Crippen LogP contribution is 2.41. The molecule has 1 aliphatic carbocycles. The Balaban J connectivity index is 1.53. The number of hydrogen-bond acceptors (Lipinski definition) is 3. The molecule has 2 aromatic carbocycles. The Labute approximate surface area is 189 Å². The van der Waals surface area contributed by atoms with Crippen molar-refractivity contribution >= 4 is 46.0 Å². The zero-order valence-electron chi connectivity index (χ0n) is 17.1. The standard InChI is InChI=1S/C24H22Cl2N4O/c1-27-13-20-22(16-4-2-14(3-5-16)15-6-8-17(25)9-7-15)29-30-23(20)28-21-11-10-18(26)12-19(21)24(30)31/h6-14,16,28H,2-5H2,1H3/b27-13+. The molecule has 0 amide bonds. The second kappa shape index (κ2) is 8.13. The Hall–Kier alpha value is -2.63. The van der Waals surface area contributed by atoms with E-state index in [0.29, 0.717) is 22.0 Å². The molecular formula is C24H22Cl2N4O. The van der Waals surface area contributed by atoms with Gasteiger partial charge >= 0.3 is 0 Å². The topological polar surface area (TPSA) is 62.5 Å². The summed E-state index contributed by atoms with van der Waals surface area (Å²) >= 11 is 12.2. The smallest absolute Gasteiger partial charge is 0.282 e. The van der Waals surface area contributed by atoms with Crippen molar-refractivity contribution in [2.75, 3.05) is 7.05 Å². The number of nitrogens with one attached hydrogen (secondary N) is 1. The van der Waals surface area contributed by atoms with E-state index in [1.165, 1.54) is 10.1 Å².